The van der Waals surface area contributed by atoms with Crippen molar-refractivity contribution in [3.8, 4) is 11.1 Å². The van der Waals surface area contributed by atoms with Gasteiger partial charge in [-0.15, -0.1) is 0 Å². The van der Waals surface area contributed by atoms with Crippen LogP contribution in [0.4, 0.5) is 5.82 Å². The number of H-pyrrole nitrogens is 1. The zero-order valence-electron chi connectivity index (χ0n) is 8.77. The molecule has 0 bridgehead atoms. The van der Waals surface area contributed by atoms with Crippen LogP contribution >= 0.6 is 0 Å². The molecule has 0 aliphatic carbocycles. The molecular formula is C14H12N2. The van der Waals surface area contributed by atoms with Gasteiger partial charge in [0.2, 0.25) is 0 Å². The van der Waals surface area contributed by atoms with Crippen molar-refractivity contribution in [2.45, 2.75) is 0 Å². The molecule has 0 amide bonds. The average molecular weight is 208 g/mol. The molecule has 1 aromatic heterocycles. The molecular weight excluding hydrogens is 196 g/mol. The lowest BCUT2D eigenvalue weighted by Crippen LogP contribution is -1.86. The van der Waals surface area contributed by atoms with Gasteiger partial charge in [-0.3, -0.25) is 0 Å². The number of nitrogens with one attached hydrogen (secondary N) is 1. The molecule has 0 fully saturated rings. The first-order valence-electron chi connectivity index (χ1n) is 5.28. The molecule has 0 aliphatic heterocycles. The van der Waals surface area contributed by atoms with Crippen molar-refractivity contribution in [3.05, 3.63) is 54.6 Å². The molecule has 0 saturated carbocycles. The number of rotatable bonds is 1. The average Bonchev–Trinajstić information content (AvgIpc) is 2.66. The lowest BCUT2D eigenvalue weighted by molar-refractivity contribution is 1.47. The zero-order chi connectivity index (χ0) is 11.0. The number of fused-ring (bicyclic) bond motifs is 1. The molecule has 0 atom stereocenters. The summed E-state index contributed by atoms with van der Waals surface area (Å²) in [6.45, 7) is 0. The molecule has 3 rings (SSSR count). The van der Waals surface area contributed by atoms with Crippen molar-refractivity contribution in [2.75, 3.05) is 5.73 Å². The second kappa shape index (κ2) is 3.42. The van der Waals surface area contributed by atoms with Gasteiger partial charge in [0.1, 0.15) is 5.82 Å². The predicted octanol–water partition coefficient (Wildman–Crippen LogP) is 3.42. The van der Waals surface area contributed by atoms with E-state index < -0.39 is 0 Å². The molecule has 0 unspecified atom stereocenters. The van der Waals surface area contributed by atoms with Gasteiger partial charge in [-0.05, 0) is 11.6 Å². The maximum absolute atomic E-state index is 6.03. The summed E-state index contributed by atoms with van der Waals surface area (Å²) in [5, 5.41) is 1.17. The Hall–Kier alpha value is -2.22. The Kier molecular flexibility index (Phi) is 1.93. The maximum atomic E-state index is 6.03. The number of nitrogen functional groups attached to an aromatic ring is 1. The van der Waals surface area contributed by atoms with E-state index in [4.69, 9.17) is 5.73 Å². The molecule has 0 saturated heterocycles. The van der Waals surface area contributed by atoms with Gasteiger partial charge in [0, 0.05) is 16.5 Å². The topological polar surface area (TPSA) is 41.8 Å². The first-order chi connectivity index (χ1) is 7.86. The van der Waals surface area contributed by atoms with E-state index in [1.807, 2.05) is 36.4 Å². The number of hydrogen-bond acceptors (Lipinski definition) is 1. The lowest BCUT2D eigenvalue weighted by atomic mass is 10.0. The number of anilines is 1. The minimum Gasteiger partial charge on any atom is -0.385 e. The fourth-order valence-electron chi connectivity index (χ4n) is 2.08. The fraction of sp³-hybridized carbons (Fsp3) is 0. The third-order valence-corrected chi connectivity index (χ3v) is 2.80. The highest BCUT2D eigenvalue weighted by Crippen LogP contribution is 2.33. The van der Waals surface area contributed by atoms with E-state index in [0.717, 1.165) is 22.5 Å². The van der Waals surface area contributed by atoms with Crippen LogP contribution < -0.4 is 5.73 Å². The monoisotopic (exact) mass is 208 g/mol. The number of benzene rings is 2. The van der Waals surface area contributed by atoms with Gasteiger partial charge in [0.25, 0.3) is 0 Å². The molecule has 0 radical (unpaired) electrons. The first-order valence-corrected chi connectivity index (χ1v) is 5.28. The van der Waals surface area contributed by atoms with Gasteiger partial charge in [-0.2, -0.15) is 0 Å². The van der Waals surface area contributed by atoms with Gasteiger partial charge >= 0.3 is 0 Å². The van der Waals surface area contributed by atoms with Crippen LogP contribution in [-0.2, 0) is 0 Å². The summed E-state index contributed by atoms with van der Waals surface area (Å²) in [6, 6.07) is 18.4. The minimum atomic E-state index is 0.729. The van der Waals surface area contributed by atoms with Crippen LogP contribution in [0.15, 0.2) is 54.6 Å². The SMILES string of the molecule is Nc1[nH]c2ccccc2c1-c1ccccc1. The van der Waals surface area contributed by atoms with Gasteiger partial charge in [0.15, 0.2) is 0 Å². The van der Waals surface area contributed by atoms with Crippen molar-refractivity contribution in [3.63, 3.8) is 0 Å². The smallest absolute Gasteiger partial charge is 0.109 e. The summed E-state index contributed by atoms with van der Waals surface area (Å²) in [4.78, 5) is 3.20. The summed E-state index contributed by atoms with van der Waals surface area (Å²) < 4.78 is 0. The minimum absolute atomic E-state index is 0.729. The second-order valence-electron chi connectivity index (χ2n) is 3.83. The van der Waals surface area contributed by atoms with Crippen LogP contribution in [0, 0.1) is 0 Å². The van der Waals surface area contributed by atoms with Crippen LogP contribution in [0.2, 0.25) is 0 Å². The summed E-state index contributed by atoms with van der Waals surface area (Å²) in [7, 11) is 0. The summed E-state index contributed by atoms with van der Waals surface area (Å²) in [5.74, 6) is 0.729. The maximum Gasteiger partial charge on any atom is 0.109 e. The number of nitrogens with two attached hydrogens (primary N) is 1. The van der Waals surface area contributed by atoms with Crippen molar-refractivity contribution < 1.29 is 0 Å². The van der Waals surface area contributed by atoms with Gasteiger partial charge in [-0.25, -0.2) is 0 Å². The highest BCUT2D eigenvalue weighted by atomic mass is 14.8. The third-order valence-electron chi connectivity index (χ3n) is 2.80. The molecule has 3 aromatic rings. The lowest BCUT2D eigenvalue weighted by Gasteiger charge is -2.00. The van der Waals surface area contributed by atoms with Crippen molar-refractivity contribution in [1.29, 1.82) is 0 Å². The molecule has 16 heavy (non-hydrogen) atoms. The summed E-state index contributed by atoms with van der Waals surface area (Å²) in [6.07, 6.45) is 0. The summed E-state index contributed by atoms with van der Waals surface area (Å²) >= 11 is 0. The Bertz CT molecular complexity index is 624. The van der Waals surface area contributed by atoms with Gasteiger partial charge in [-0.1, -0.05) is 48.5 Å². The molecule has 2 nitrogen and oxygen atoms in total. The fourth-order valence-corrected chi connectivity index (χ4v) is 2.08. The molecule has 0 aliphatic rings. The normalized spacial score (nSPS) is 10.8. The van der Waals surface area contributed by atoms with Crippen LogP contribution in [0.1, 0.15) is 0 Å². The second-order valence-corrected chi connectivity index (χ2v) is 3.83. The van der Waals surface area contributed by atoms with Crippen LogP contribution in [0.5, 0.6) is 0 Å². The summed E-state index contributed by atoms with van der Waals surface area (Å²) in [5.41, 5.74) is 9.36. The first kappa shape index (κ1) is 9.04. The van der Waals surface area contributed by atoms with Crippen LogP contribution in [-0.4, -0.2) is 4.98 Å². The highest BCUT2D eigenvalue weighted by Gasteiger charge is 2.09. The number of aromatic amines is 1. The number of aromatic nitrogens is 1. The van der Waals surface area contributed by atoms with Crippen LogP contribution in [0.25, 0.3) is 22.0 Å². The number of para-hydroxylation sites is 1. The Morgan fingerprint density at radius 2 is 1.50 bits per heavy atom. The molecule has 0 spiro atoms. The van der Waals surface area contributed by atoms with Crippen molar-refractivity contribution in [2.24, 2.45) is 0 Å². The largest absolute Gasteiger partial charge is 0.385 e. The Balaban J connectivity index is 2.35. The molecule has 2 aromatic carbocycles. The van der Waals surface area contributed by atoms with E-state index in [1.165, 1.54) is 5.39 Å². The van der Waals surface area contributed by atoms with Crippen LogP contribution in [0.3, 0.4) is 0 Å². The van der Waals surface area contributed by atoms with E-state index in [9.17, 15) is 0 Å². The Morgan fingerprint density at radius 3 is 2.31 bits per heavy atom. The third kappa shape index (κ3) is 1.27. The molecule has 2 heteroatoms. The number of hydrogen-bond donors (Lipinski definition) is 2. The Labute approximate surface area is 93.7 Å². The van der Waals surface area contributed by atoms with E-state index >= 15 is 0 Å². The van der Waals surface area contributed by atoms with Crippen molar-refractivity contribution >= 4 is 16.7 Å². The molecule has 78 valence electrons. The van der Waals surface area contributed by atoms with E-state index in [2.05, 4.69) is 23.2 Å². The zero-order valence-corrected chi connectivity index (χ0v) is 8.77. The predicted molar refractivity (Wildman–Crippen MR) is 68.1 cm³/mol. The van der Waals surface area contributed by atoms with E-state index in [0.29, 0.717) is 0 Å². The van der Waals surface area contributed by atoms with Crippen molar-refractivity contribution in [1.82, 2.24) is 4.98 Å². The highest BCUT2D eigenvalue weighted by molar-refractivity contribution is 6.01. The van der Waals surface area contributed by atoms with Gasteiger partial charge in [0.05, 0.1) is 0 Å². The van der Waals surface area contributed by atoms with E-state index in [1.54, 1.807) is 0 Å². The van der Waals surface area contributed by atoms with Gasteiger partial charge < -0.3 is 10.7 Å². The Morgan fingerprint density at radius 1 is 0.812 bits per heavy atom. The van der Waals surface area contributed by atoms with E-state index in [-0.39, 0.29) is 0 Å². The quantitative estimate of drug-likeness (QED) is 0.632. The molecule has 3 N–H and O–H groups in total. The molecule has 1 heterocycles. The standard InChI is InChI=1S/C14H12N2/c15-14-13(10-6-2-1-3-7-10)11-8-4-5-9-12(11)16-14/h1-9,16H,15H2.